The molecule has 86 valence electrons. The zero-order chi connectivity index (χ0) is 12.0. The van der Waals surface area contributed by atoms with Gasteiger partial charge in [-0.25, -0.2) is 0 Å². The van der Waals surface area contributed by atoms with E-state index in [0.29, 0.717) is 12.1 Å². The van der Waals surface area contributed by atoms with Crippen LogP contribution in [0.2, 0.25) is 0 Å². The largest absolute Gasteiger partial charge is 0.508 e. The highest BCUT2D eigenvalue weighted by molar-refractivity contribution is 5.94. The van der Waals surface area contributed by atoms with Crippen molar-refractivity contribution in [1.29, 1.82) is 0 Å². The van der Waals surface area contributed by atoms with Crippen molar-refractivity contribution in [2.75, 3.05) is 11.9 Å². The summed E-state index contributed by atoms with van der Waals surface area (Å²) in [5.41, 5.74) is 0.496. The molecule has 0 bridgehead atoms. The molecule has 0 fully saturated rings. The molecule has 0 aliphatic carbocycles. The highest BCUT2D eigenvalue weighted by Gasteiger charge is 2.04. The summed E-state index contributed by atoms with van der Waals surface area (Å²) in [6.07, 6.45) is 0.347. The fraction of sp³-hybridized carbons (Fsp3) is 0.273. The number of rotatable bonds is 4. The van der Waals surface area contributed by atoms with Crippen LogP contribution in [0.25, 0.3) is 0 Å². The Morgan fingerprint density at radius 1 is 1.31 bits per heavy atom. The highest BCUT2D eigenvalue weighted by atomic mass is 16.3. The molecule has 16 heavy (non-hydrogen) atoms. The second kappa shape index (κ2) is 5.75. The predicted octanol–water partition coefficient (Wildman–Crippen LogP) is 0.857. The van der Waals surface area contributed by atoms with Crippen molar-refractivity contribution in [3.05, 3.63) is 24.3 Å². The first kappa shape index (κ1) is 12.0. The van der Waals surface area contributed by atoms with Gasteiger partial charge < -0.3 is 15.7 Å². The lowest BCUT2D eigenvalue weighted by Crippen LogP contribution is -2.32. The van der Waals surface area contributed by atoms with Crippen molar-refractivity contribution in [2.45, 2.75) is 13.3 Å². The van der Waals surface area contributed by atoms with E-state index in [4.69, 9.17) is 5.11 Å². The Balaban J connectivity index is 2.43. The topological polar surface area (TPSA) is 78.4 Å². The minimum atomic E-state index is -0.326. The van der Waals surface area contributed by atoms with Gasteiger partial charge in [0.15, 0.2) is 0 Å². The van der Waals surface area contributed by atoms with Crippen LogP contribution >= 0.6 is 0 Å². The zero-order valence-electron chi connectivity index (χ0n) is 8.99. The molecule has 0 aliphatic rings. The smallest absolute Gasteiger partial charge is 0.243 e. The van der Waals surface area contributed by atoms with Crippen LogP contribution in [-0.2, 0) is 9.59 Å². The van der Waals surface area contributed by atoms with Gasteiger partial charge in [-0.15, -0.1) is 0 Å². The van der Waals surface area contributed by atoms with Crippen LogP contribution in [0.15, 0.2) is 24.3 Å². The van der Waals surface area contributed by atoms with Gasteiger partial charge in [0.1, 0.15) is 5.75 Å². The molecule has 0 atom stereocenters. The van der Waals surface area contributed by atoms with E-state index in [2.05, 4.69) is 10.6 Å². The maximum absolute atomic E-state index is 11.3. The molecule has 1 aromatic carbocycles. The van der Waals surface area contributed by atoms with E-state index >= 15 is 0 Å². The number of phenolic OH excluding ortho intramolecular Hbond substituents is 1. The maximum Gasteiger partial charge on any atom is 0.243 e. The number of carbonyl (C=O) groups excluding carboxylic acids is 2. The summed E-state index contributed by atoms with van der Waals surface area (Å²) in [6, 6.07) is 6.21. The van der Waals surface area contributed by atoms with Crippen LogP contribution in [0.4, 0.5) is 5.69 Å². The van der Waals surface area contributed by atoms with Crippen LogP contribution in [0.5, 0.6) is 5.75 Å². The SMILES string of the molecule is CCC(=O)NCC(=O)Nc1cccc(O)c1. The third kappa shape index (κ3) is 4.00. The third-order valence-corrected chi connectivity index (χ3v) is 1.90. The molecule has 0 saturated heterocycles. The average Bonchev–Trinajstić information content (AvgIpc) is 2.26. The second-order valence-electron chi connectivity index (χ2n) is 3.23. The van der Waals surface area contributed by atoms with E-state index < -0.39 is 0 Å². The van der Waals surface area contributed by atoms with Crippen molar-refractivity contribution in [3.8, 4) is 5.75 Å². The lowest BCUT2D eigenvalue weighted by Gasteiger charge is -2.06. The minimum absolute atomic E-state index is 0.0671. The Hall–Kier alpha value is -2.04. The summed E-state index contributed by atoms with van der Waals surface area (Å²) < 4.78 is 0. The van der Waals surface area contributed by atoms with Gasteiger partial charge in [0.25, 0.3) is 0 Å². The summed E-state index contributed by atoms with van der Waals surface area (Å²) in [6.45, 7) is 1.64. The van der Waals surface area contributed by atoms with Gasteiger partial charge in [0.05, 0.1) is 6.54 Å². The van der Waals surface area contributed by atoms with Gasteiger partial charge in [-0.1, -0.05) is 13.0 Å². The standard InChI is InChI=1S/C11H14N2O3/c1-2-10(15)12-7-11(16)13-8-4-3-5-9(14)6-8/h3-6,14H,2,7H2,1H3,(H,12,15)(H,13,16). The first-order valence-electron chi connectivity index (χ1n) is 4.97. The third-order valence-electron chi connectivity index (χ3n) is 1.90. The van der Waals surface area contributed by atoms with E-state index in [1.807, 2.05) is 0 Å². The Morgan fingerprint density at radius 2 is 2.06 bits per heavy atom. The van der Waals surface area contributed by atoms with Crippen molar-refractivity contribution in [1.82, 2.24) is 5.32 Å². The predicted molar refractivity (Wildman–Crippen MR) is 60.0 cm³/mol. The molecule has 2 amide bonds. The van der Waals surface area contributed by atoms with Crippen LogP contribution in [0.1, 0.15) is 13.3 Å². The zero-order valence-corrected chi connectivity index (χ0v) is 8.99. The second-order valence-corrected chi connectivity index (χ2v) is 3.23. The molecule has 1 rings (SSSR count). The number of benzene rings is 1. The summed E-state index contributed by atoms with van der Waals surface area (Å²) >= 11 is 0. The van der Waals surface area contributed by atoms with Crippen molar-refractivity contribution in [3.63, 3.8) is 0 Å². The van der Waals surface area contributed by atoms with Crippen LogP contribution in [0, 0.1) is 0 Å². The van der Waals surface area contributed by atoms with E-state index in [9.17, 15) is 9.59 Å². The molecule has 5 heteroatoms. The monoisotopic (exact) mass is 222 g/mol. The lowest BCUT2D eigenvalue weighted by atomic mass is 10.3. The summed E-state index contributed by atoms with van der Waals surface area (Å²) in [5.74, 6) is -0.422. The van der Waals surface area contributed by atoms with Gasteiger partial charge >= 0.3 is 0 Å². The van der Waals surface area contributed by atoms with Crippen LogP contribution in [-0.4, -0.2) is 23.5 Å². The van der Waals surface area contributed by atoms with Crippen LogP contribution in [0.3, 0.4) is 0 Å². The van der Waals surface area contributed by atoms with Gasteiger partial charge in [-0.3, -0.25) is 9.59 Å². The van der Waals surface area contributed by atoms with Crippen molar-refractivity contribution in [2.24, 2.45) is 0 Å². The number of hydrogen-bond acceptors (Lipinski definition) is 3. The maximum atomic E-state index is 11.3. The Kier molecular flexibility index (Phi) is 4.32. The summed E-state index contributed by atoms with van der Waals surface area (Å²) in [4.78, 5) is 22.2. The van der Waals surface area contributed by atoms with E-state index in [-0.39, 0.29) is 24.1 Å². The van der Waals surface area contributed by atoms with Crippen molar-refractivity contribution >= 4 is 17.5 Å². The molecule has 1 aromatic rings. The van der Waals surface area contributed by atoms with Gasteiger partial charge in [-0.2, -0.15) is 0 Å². The molecule has 0 spiro atoms. The Bertz CT molecular complexity index is 391. The molecule has 5 nitrogen and oxygen atoms in total. The molecular weight excluding hydrogens is 208 g/mol. The molecule has 0 aliphatic heterocycles. The van der Waals surface area contributed by atoms with Gasteiger partial charge in [-0.05, 0) is 12.1 Å². The number of hydrogen-bond donors (Lipinski definition) is 3. The quantitative estimate of drug-likeness (QED) is 0.707. The molecule has 0 heterocycles. The number of phenols is 1. The van der Waals surface area contributed by atoms with Gasteiger partial charge in [0.2, 0.25) is 11.8 Å². The highest BCUT2D eigenvalue weighted by Crippen LogP contribution is 2.14. The van der Waals surface area contributed by atoms with E-state index in [1.165, 1.54) is 12.1 Å². The fourth-order valence-electron chi connectivity index (χ4n) is 1.09. The molecule has 0 radical (unpaired) electrons. The number of anilines is 1. The minimum Gasteiger partial charge on any atom is -0.508 e. The average molecular weight is 222 g/mol. The van der Waals surface area contributed by atoms with Crippen molar-refractivity contribution < 1.29 is 14.7 Å². The van der Waals surface area contributed by atoms with E-state index in [0.717, 1.165) is 0 Å². The number of aromatic hydroxyl groups is 1. The Morgan fingerprint density at radius 3 is 2.69 bits per heavy atom. The molecule has 3 N–H and O–H groups in total. The number of nitrogens with one attached hydrogen (secondary N) is 2. The summed E-state index contributed by atoms with van der Waals surface area (Å²) in [5, 5.41) is 14.2. The summed E-state index contributed by atoms with van der Waals surface area (Å²) in [7, 11) is 0. The lowest BCUT2D eigenvalue weighted by molar-refractivity contribution is -0.123. The normalized spacial score (nSPS) is 9.56. The van der Waals surface area contributed by atoms with E-state index in [1.54, 1.807) is 19.1 Å². The first-order chi connectivity index (χ1) is 7.61. The molecule has 0 unspecified atom stereocenters. The van der Waals surface area contributed by atoms with Gasteiger partial charge in [0, 0.05) is 18.2 Å². The molecule has 0 saturated carbocycles. The number of amides is 2. The van der Waals surface area contributed by atoms with Crippen LogP contribution < -0.4 is 10.6 Å². The fourth-order valence-corrected chi connectivity index (χ4v) is 1.09. The Labute approximate surface area is 93.5 Å². The first-order valence-corrected chi connectivity index (χ1v) is 4.97. The molecular formula is C11H14N2O3. The molecule has 0 aromatic heterocycles. The number of carbonyl (C=O) groups is 2.